The molecule has 1 aliphatic rings. The van der Waals surface area contributed by atoms with E-state index < -0.39 is 21.0 Å². The van der Waals surface area contributed by atoms with Gasteiger partial charge < -0.3 is 4.57 Å². The monoisotopic (exact) mass is 465 g/mol. The molecule has 30 heavy (non-hydrogen) atoms. The highest BCUT2D eigenvalue weighted by atomic mass is 35.5. The SMILES string of the molecule is Cc1ccc([N+](=O)[O-])cc1S(=O)(=O)N1CCn2cccc2C1c1ccc(Cl)cc1Cl. The van der Waals surface area contributed by atoms with Gasteiger partial charge in [-0.25, -0.2) is 8.42 Å². The van der Waals surface area contributed by atoms with E-state index in [0.29, 0.717) is 27.7 Å². The second-order valence-electron chi connectivity index (χ2n) is 7.02. The lowest BCUT2D eigenvalue weighted by molar-refractivity contribution is -0.385. The number of benzene rings is 2. The molecule has 0 radical (unpaired) electrons. The molecule has 0 saturated heterocycles. The zero-order valence-corrected chi connectivity index (χ0v) is 18.2. The molecule has 1 aromatic heterocycles. The van der Waals surface area contributed by atoms with Crippen molar-refractivity contribution in [3.63, 3.8) is 0 Å². The van der Waals surface area contributed by atoms with Gasteiger partial charge in [-0.3, -0.25) is 10.1 Å². The third-order valence-electron chi connectivity index (χ3n) is 5.22. The highest BCUT2D eigenvalue weighted by Gasteiger charge is 2.39. The van der Waals surface area contributed by atoms with E-state index in [4.69, 9.17) is 23.2 Å². The van der Waals surface area contributed by atoms with Crippen LogP contribution >= 0.6 is 23.2 Å². The molecule has 0 spiro atoms. The van der Waals surface area contributed by atoms with E-state index in [1.54, 1.807) is 25.1 Å². The van der Waals surface area contributed by atoms with Gasteiger partial charge in [0.25, 0.3) is 5.69 Å². The number of nitro groups is 1. The molecule has 3 aromatic rings. The van der Waals surface area contributed by atoms with Gasteiger partial charge in [0.15, 0.2) is 0 Å². The third-order valence-corrected chi connectivity index (χ3v) is 7.79. The molecule has 10 heteroatoms. The van der Waals surface area contributed by atoms with Crippen molar-refractivity contribution in [1.29, 1.82) is 0 Å². The molecule has 1 atom stereocenters. The highest BCUT2D eigenvalue weighted by Crippen LogP contribution is 2.40. The summed E-state index contributed by atoms with van der Waals surface area (Å²) in [6.07, 6.45) is 1.88. The smallest absolute Gasteiger partial charge is 0.270 e. The second kappa shape index (κ2) is 7.70. The average Bonchev–Trinajstić information content (AvgIpc) is 3.16. The highest BCUT2D eigenvalue weighted by molar-refractivity contribution is 7.89. The molecule has 1 aliphatic heterocycles. The van der Waals surface area contributed by atoms with Gasteiger partial charge in [-0.2, -0.15) is 4.31 Å². The van der Waals surface area contributed by atoms with Crippen LogP contribution in [0.2, 0.25) is 10.0 Å². The van der Waals surface area contributed by atoms with E-state index in [-0.39, 0.29) is 17.1 Å². The molecule has 4 rings (SSSR count). The standard InChI is InChI=1S/C20H17Cl2N3O4S/c1-13-4-6-15(25(26)27)12-19(13)30(28,29)24-10-9-23-8-2-3-18(23)20(24)16-7-5-14(21)11-17(16)22/h2-8,11-12,20H,9-10H2,1H3. The molecule has 1 unspecified atom stereocenters. The van der Waals surface area contributed by atoms with E-state index in [1.165, 1.54) is 16.4 Å². The van der Waals surface area contributed by atoms with Gasteiger partial charge in [-0.15, -0.1) is 0 Å². The van der Waals surface area contributed by atoms with Crippen LogP contribution in [0.15, 0.2) is 59.6 Å². The minimum atomic E-state index is -4.07. The van der Waals surface area contributed by atoms with Gasteiger partial charge in [0, 0.05) is 47.2 Å². The molecule has 0 saturated carbocycles. The summed E-state index contributed by atoms with van der Waals surface area (Å²) in [5.41, 5.74) is 1.51. The molecule has 2 heterocycles. The minimum Gasteiger partial charge on any atom is -0.348 e. The van der Waals surface area contributed by atoms with E-state index in [1.807, 2.05) is 22.9 Å². The average molecular weight is 466 g/mol. The minimum absolute atomic E-state index is 0.0909. The summed E-state index contributed by atoms with van der Waals surface area (Å²) < 4.78 is 30.7. The number of nitro benzene ring substituents is 1. The predicted molar refractivity (Wildman–Crippen MR) is 114 cm³/mol. The van der Waals surface area contributed by atoms with Gasteiger partial charge >= 0.3 is 0 Å². The van der Waals surface area contributed by atoms with Crippen LogP contribution in [0, 0.1) is 17.0 Å². The van der Waals surface area contributed by atoms with Gasteiger partial charge in [-0.05, 0) is 42.3 Å². The zero-order valence-electron chi connectivity index (χ0n) is 15.8. The Morgan fingerprint density at radius 3 is 2.57 bits per heavy atom. The largest absolute Gasteiger partial charge is 0.348 e. The zero-order chi connectivity index (χ0) is 21.6. The van der Waals surface area contributed by atoms with E-state index >= 15 is 0 Å². The molecule has 0 N–H and O–H groups in total. The van der Waals surface area contributed by atoms with E-state index in [0.717, 1.165) is 11.8 Å². The number of nitrogens with zero attached hydrogens (tertiary/aromatic N) is 3. The summed E-state index contributed by atoms with van der Waals surface area (Å²) in [5.74, 6) is 0. The Labute approximate surface area is 183 Å². The fourth-order valence-corrected chi connectivity index (χ4v) is 6.10. The maximum absolute atomic E-state index is 13.7. The lowest BCUT2D eigenvalue weighted by Crippen LogP contribution is -2.42. The first-order chi connectivity index (χ1) is 14.2. The Morgan fingerprint density at radius 1 is 1.10 bits per heavy atom. The molecule has 156 valence electrons. The Balaban J connectivity index is 1.90. The maximum Gasteiger partial charge on any atom is 0.270 e. The van der Waals surface area contributed by atoms with Crippen molar-refractivity contribution in [1.82, 2.24) is 8.87 Å². The van der Waals surface area contributed by atoms with Crippen molar-refractivity contribution >= 4 is 38.9 Å². The summed E-state index contributed by atoms with van der Waals surface area (Å²) in [4.78, 5) is 10.5. The number of sulfonamides is 1. The van der Waals surface area contributed by atoms with Crippen LogP contribution in [0.4, 0.5) is 5.69 Å². The molecule has 2 aromatic carbocycles. The number of rotatable bonds is 4. The molecular formula is C20H17Cl2N3O4S. The molecule has 7 nitrogen and oxygen atoms in total. The number of non-ortho nitro benzene ring substituents is 1. The number of halogens is 2. The topological polar surface area (TPSA) is 85.4 Å². The van der Waals surface area contributed by atoms with Crippen molar-refractivity contribution in [3.05, 3.63) is 91.7 Å². The first-order valence-corrected chi connectivity index (χ1v) is 11.3. The molecule has 0 aliphatic carbocycles. The Bertz CT molecular complexity index is 1260. The van der Waals surface area contributed by atoms with Crippen LogP contribution in [0.3, 0.4) is 0 Å². The number of aryl methyl sites for hydroxylation is 1. The molecule has 0 amide bonds. The first kappa shape index (κ1) is 20.9. The van der Waals surface area contributed by atoms with Gasteiger partial charge in [0.1, 0.15) is 0 Å². The first-order valence-electron chi connectivity index (χ1n) is 9.07. The summed E-state index contributed by atoms with van der Waals surface area (Å²) in [6, 6.07) is 11.8. The quantitative estimate of drug-likeness (QED) is 0.408. The van der Waals surface area contributed by atoms with Gasteiger partial charge in [0.05, 0.1) is 15.9 Å². The number of hydrogen-bond donors (Lipinski definition) is 0. The maximum atomic E-state index is 13.7. The predicted octanol–water partition coefficient (Wildman–Crippen LogP) is 4.81. The van der Waals surface area contributed by atoms with Crippen LogP contribution in [-0.4, -0.2) is 28.8 Å². The fourth-order valence-electron chi connectivity index (χ4n) is 3.77. The van der Waals surface area contributed by atoms with Crippen molar-refractivity contribution in [2.24, 2.45) is 0 Å². The molecule has 0 fully saturated rings. The van der Waals surface area contributed by atoms with Crippen molar-refractivity contribution in [3.8, 4) is 0 Å². The summed E-state index contributed by atoms with van der Waals surface area (Å²) in [6.45, 7) is 2.26. The number of fused-ring (bicyclic) bond motifs is 1. The lowest BCUT2D eigenvalue weighted by Gasteiger charge is -2.37. The summed E-state index contributed by atoms with van der Waals surface area (Å²) in [7, 11) is -4.07. The normalized spacial score (nSPS) is 17.0. The lowest BCUT2D eigenvalue weighted by atomic mass is 10.0. The second-order valence-corrected chi connectivity index (χ2v) is 9.72. The van der Waals surface area contributed by atoms with Crippen LogP contribution in [-0.2, 0) is 16.6 Å². The Kier molecular flexibility index (Phi) is 5.36. The number of hydrogen-bond acceptors (Lipinski definition) is 4. The number of aromatic nitrogens is 1. The van der Waals surface area contributed by atoms with Crippen molar-refractivity contribution in [2.75, 3.05) is 6.54 Å². The molecular weight excluding hydrogens is 449 g/mol. The van der Waals surface area contributed by atoms with Crippen LogP contribution in [0.5, 0.6) is 0 Å². The summed E-state index contributed by atoms with van der Waals surface area (Å²) >= 11 is 12.5. The fraction of sp³-hybridized carbons (Fsp3) is 0.200. The Morgan fingerprint density at radius 2 is 1.87 bits per heavy atom. The van der Waals surface area contributed by atoms with E-state index in [2.05, 4.69) is 0 Å². The van der Waals surface area contributed by atoms with Crippen LogP contribution in [0.1, 0.15) is 22.9 Å². The van der Waals surface area contributed by atoms with Crippen LogP contribution in [0.25, 0.3) is 0 Å². The summed E-state index contributed by atoms with van der Waals surface area (Å²) in [5, 5.41) is 12.0. The van der Waals surface area contributed by atoms with Crippen LogP contribution < -0.4 is 0 Å². The van der Waals surface area contributed by atoms with E-state index in [9.17, 15) is 18.5 Å². The third kappa shape index (κ3) is 3.50. The van der Waals surface area contributed by atoms with Crippen molar-refractivity contribution in [2.45, 2.75) is 24.4 Å². The Hall–Kier alpha value is -2.39. The van der Waals surface area contributed by atoms with Gasteiger partial charge in [0.2, 0.25) is 10.0 Å². The van der Waals surface area contributed by atoms with Gasteiger partial charge in [-0.1, -0.05) is 35.3 Å². The van der Waals surface area contributed by atoms with Crippen molar-refractivity contribution < 1.29 is 13.3 Å². The molecule has 0 bridgehead atoms.